The van der Waals surface area contributed by atoms with Crippen LogP contribution in [0.4, 0.5) is 0 Å². The van der Waals surface area contributed by atoms with E-state index in [2.05, 4.69) is 9.88 Å². The molecule has 6 heteroatoms. The van der Waals surface area contributed by atoms with Gasteiger partial charge in [-0.1, -0.05) is 18.9 Å². The summed E-state index contributed by atoms with van der Waals surface area (Å²) in [6.07, 6.45) is 10.2. The largest absolute Gasteiger partial charge is 0.340 e. The van der Waals surface area contributed by atoms with E-state index >= 15 is 0 Å². The number of carbonyl (C=O) groups excluding carboxylic acids is 2. The van der Waals surface area contributed by atoms with Crippen molar-refractivity contribution in [1.82, 2.24) is 19.7 Å². The number of aromatic nitrogens is 1. The van der Waals surface area contributed by atoms with Crippen molar-refractivity contribution in [2.75, 3.05) is 32.7 Å². The third-order valence-electron chi connectivity index (χ3n) is 6.41. The Morgan fingerprint density at radius 2 is 1.85 bits per heavy atom. The SMILES string of the molecule is O=C(CC1CCCC1)N1CCN(C2CCN(Cc3cccnc3)C2=O)CC1. The van der Waals surface area contributed by atoms with Crippen molar-refractivity contribution in [1.29, 1.82) is 0 Å². The lowest BCUT2D eigenvalue weighted by atomic mass is 10.0. The quantitative estimate of drug-likeness (QED) is 0.794. The van der Waals surface area contributed by atoms with E-state index in [9.17, 15) is 9.59 Å². The molecule has 0 bridgehead atoms. The highest BCUT2D eigenvalue weighted by molar-refractivity contribution is 5.84. The maximum Gasteiger partial charge on any atom is 0.240 e. The van der Waals surface area contributed by atoms with Crippen LogP contribution < -0.4 is 0 Å². The zero-order chi connectivity index (χ0) is 18.6. The van der Waals surface area contributed by atoms with Gasteiger partial charge in [0.1, 0.15) is 0 Å². The van der Waals surface area contributed by atoms with E-state index in [0.29, 0.717) is 18.4 Å². The van der Waals surface area contributed by atoms with Gasteiger partial charge in [0.2, 0.25) is 11.8 Å². The standard InChI is InChI=1S/C21H30N4O2/c26-20(14-17-4-1-2-5-17)24-12-10-23(11-13-24)19-7-9-25(21(19)27)16-18-6-3-8-22-15-18/h3,6,8,15,17,19H,1-2,4-5,7,9-14,16H2. The van der Waals surface area contributed by atoms with E-state index in [4.69, 9.17) is 0 Å². The summed E-state index contributed by atoms with van der Waals surface area (Å²) in [7, 11) is 0. The van der Waals surface area contributed by atoms with Crippen LogP contribution >= 0.6 is 0 Å². The summed E-state index contributed by atoms with van der Waals surface area (Å²) in [5, 5.41) is 0. The Labute approximate surface area is 161 Å². The van der Waals surface area contributed by atoms with Gasteiger partial charge in [-0.05, 0) is 36.8 Å². The first-order valence-electron chi connectivity index (χ1n) is 10.4. The molecule has 3 heterocycles. The summed E-state index contributed by atoms with van der Waals surface area (Å²) in [6, 6.07) is 3.91. The highest BCUT2D eigenvalue weighted by Gasteiger charge is 2.37. The van der Waals surface area contributed by atoms with Gasteiger partial charge in [0.15, 0.2) is 0 Å². The minimum atomic E-state index is -0.0197. The highest BCUT2D eigenvalue weighted by atomic mass is 16.2. The average Bonchev–Trinajstić information content (AvgIpc) is 3.33. The second kappa shape index (κ2) is 8.38. The Hall–Kier alpha value is -1.95. The molecule has 1 aromatic heterocycles. The monoisotopic (exact) mass is 370 g/mol. The molecule has 0 aromatic carbocycles. The van der Waals surface area contributed by atoms with E-state index in [1.807, 2.05) is 28.1 Å². The summed E-state index contributed by atoms with van der Waals surface area (Å²) in [6.45, 7) is 4.60. The fraction of sp³-hybridized carbons (Fsp3) is 0.667. The molecule has 1 unspecified atom stereocenters. The molecular weight excluding hydrogens is 340 g/mol. The Kier molecular flexibility index (Phi) is 5.72. The molecule has 1 atom stereocenters. The molecule has 1 aliphatic carbocycles. The van der Waals surface area contributed by atoms with Crippen LogP contribution in [0.2, 0.25) is 0 Å². The van der Waals surface area contributed by atoms with E-state index in [-0.39, 0.29) is 11.9 Å². The number of amides is 2. The van der Waals surface area contributed by atoms with Gasteiger partial charge >= 0.3 is 0 Å². The van der Waals surface area contributed by atoms with Crippen molar-refractivity contribution < 1.29 is 9.59 Å². The van der Waals surface area contributed by atoms with Gasteiger partial charge < -0.3 is 9.80 Å². The molecule has 27 heavy (non-hydrogen) atoms. The van der Waals surface area contributed by atoms with Crippen LogP contribution in [-0.2, 0) is 16.1 Å². The molecule has 146 valence electrons. The molecule has 0 N–H and O–H groups in total. The number of nitrogens with zero attached hydrogens (tertiary/aromatic N) is 4. The molecule has 1 saturated carbocycles. The van der Waals surface area contributed by atoms with Crippen molar-refractivity contribution in [2.45, 2.75) is 51.1 Å². The average molecular weight is 370 g/mol. The van der Waals surface area contributed by atoms with E-state index in [1.165, 1.54) is 25.7 Å². The Balaban J connectivity index is 1.26. The van der Waals surface area contributed by atoms with Crippen LogP contribution in [0.25, 0.3) is 0 Å². The van der Waals surface area contributed by atoms with E-state index < -0.39 is 0 Å². The molecule has 1 aromatic rings. The number of pyridine rings is 1. The van der Waals surface area contributed by atoms with Gasteiger partial charge in [0.05, 0.1) is 6.04 Å². The van der Waals surface area contributed by atoms with Gasteiger partial charge in [-0.25, -0.2) is 0 Å². The molecule has 2 saturated heterocycles. The zero-order valence-electron chi connectivity index (χ0n) is 16.1. The summed E-state index contributed by atoms with van der Waals surface area (Å²) in [5.74, 6) is 1.15. The van der Waals surface area contributed by atoms with Gasteiger partial charge in [-0.15, -0.1) is 0 Å². The number of likely N-dealkylation sites (tertiary alicyclic amines) is 1. The first-order valence-corrected chi connectivity index (χ1v) is 10.4. The first-order chi connectivity index (χ1) is 13.2. The van der Waals surface area contributed by atoms with Crippen LogP contribution in [0.5, 0.6) is 0 Å². The van der Waals surface area contributed by atoms with Gasteiger partial charge in [-0.3, -0.25) is 19.5 Å². The van der Waals surface area contributed by atoms with Gasteiger partial charge in [0.25, 0.3) is 0 Å². The Bertz CT molecular complexity index is 651. The predicted octanol–water partition coefficient (Wildman–Crippen LogP) is 1.91. The lowest BCUT2D eigenvalue weighted by Gasteiger charge is -2.37. The molecule has 2 aliphatic heterocycles. The molecule has 4 rings (SSSR count). The molecule has 0 spiro atoms. The topological polar surface area (TPSA) is 56.8 Å². The minimum absolute atomic E-state index is 0.0197. The molecule has 0 radical (unpaired) electrons. The third-order valence-corrected chi connectivity index (χ3v) is 6.41. The lowest BCUT2D eigenvalue weighted by molar-refractivity contribution is -0.136. The summed E-state index contributed by atoms with van der Waals surface area (Å²) in [5.41, 5.74) is 1.08. The fourth-order valence-electron chi connectivity index (χ4n) is 4.80. The second-order valence-electron chi connectivity index (χ2n) is 8.20. The van der Waals surface area contributed by atoms with Crippen molar-refractivity contribution >= 4 is 11.8 Å². The molecule has 3 aliphatic rings. The molecule has 6 nitrogen and oxygen atoms in total. The van der Waals surface area contributed by atoms with Crippen LogP contribution in [0.15, 0.2) is 24.5 Å². The van der Waals surface area contributed by atoms with Crippen molar-refractivity contribution in [3.63, 3.8) is 0 Å². The lowest BCUT2D eigenvalue weighted by Crippen LogP contribution is -2.53. The summed E-state index contributed by atoms with van der Waals surface area (Å²) in [4.78, 5) is 35.7. The zero-order valence-corrected chi connectivity index (χ0v) is 16.1. The number of hydrogen-bond acceptors (Lipinski definition) is 4. The highest BCUT2D eigenvalue weighted by Crippen LogP contribution is 2.28. The van der Waals surface area contributed by atoms with Crippen LogP contribution in [0.1, 0.15) is 44.1 Å². The van der Waals surface area contributed by atoms with Crippen molar-refractivity contribution in [3.8, 4) is 0 Å². The summed E-state index contributed by atoms with van der Waals surface area (Å²) < 4.78 is 0. The number of rotatable bonds is 5. The maximum atomic E-state index is 12.8. The number of piperazine rings is 1. The van der Waals surface area contributed by atoms with Crippen LogP contribution in [0.3, 0.4) is 0 Å². The van der Waals surface area contributed by atoms with Crippen LogP contribution in [0, 0.1) is 5.92 Å². The smallest absolute Gasteiger partial charge is 0.240 e. The summed E-state index contributed by atoms with van der Waals surface area (Å²) >= 11 is 0. The number of hydrogen-bond donors (Lipinski definition) is 0. The Morgan fingerprint density at radius 1 is 1.07 bits per heavy atom. The van der Waals surface area contributed by atoms with E-state index in [0.717, 1.165) is 51.1 Å². The predicted molar refractivity (Wildman–Crippen MR) is 103 cm³/mol. The molecular formula is C21H30N4O2. The van der Waals surface area contributed by atoms with Crippen molar-refractivity contribution in [2.24, 2.45) is 5.92 Å². The fourth-order valence-corrected chi connectivity index (χ4v) is 4.80. The second-order valence-corrected chi connectivity index (χ2v) is 8.20. The third kappa shape index (κ3) is 4.32. The number of carbonyl (C=O) groups is 2. The first kappa shape index (κ1) is 18.4. The van der Waals surface area contributed by atoms with Crippen molar-refractivity contribution in [3.05, 3.63) is 30.1 Å². The van der Waals surface area contributed by atoms with E-state index in [1.54, 1.807) is 6.20 Å². The minimum Gasteiger partial charge on any atom is -0.340 e. The molecule has 2 amide bonds. The Morgan fingerprint density at radius 3 is 2.56 bits per heavy atom. The maximum absolute atomic E-state index is 12.8. The normalized spacial score (nSPS) is 24.7. The van der Waals surface area contributed by atoms with Crippen LogP contribution in [-0.4, -0.2) is 70.3 Å². The van der Waals surface area contributed by atoms with Gasteiger partial charge in [0, 0.05) is 58.1 Å². The van der Waals surface area contributed by atoms with Gasteiger partial charge in [-0.2, -0.15) is 0 Å². The molecule has 3 fully saturated rings.